The fraction of sp³-hybridized carbons (Fsp3) is 0.481. The number of hydrogen-bond donors (Lipinski definition) is 2. The monoisotopic (exact) mass is 466 g/mol. The van der Waals surface area contributed by atoms with Crippen LogP contribution in [0.2, 0.25) is 0 Å². The Balaban J connectivity index is 1.22. The van der Waals surface area contributed by atoms with Crippen LogP contribution in [-0.4, -0.2) is 62.2 Å². The predicted molar refractivity (Wildman–Crippen MR) is 136 cm³/mol. The molecule has 1 aliphatic rings. The van der Waals surface area contributed by atoms with E-state index in [1.165, 1.54) is 11.3 Å². The first-order chi connectivity index (χ1) is 16.5. The SMILES string of the molecule is Cc1cccc(N2CCN(CCC(C)NC(=O)CCCNC(=O)OCc3ccccc3)CC2)c1. The number of amides is 2. The molecular weight excluding hydrogens is 428 g/mol. The van der Waals surface area contributed by atoms with E-state index in [0.29, 0.717) is 19.4 Å². The normalized spacial score (nSPS) is 14.9. The highest BCUT2D eigenvalue weighted by molar-refractivity contribution is 5.76. The van der Waals surface area contributed by atoms with Crippen molar-refractivity contribution in [2.24, 2.45) is 0 Å². The number of rotatable bonds is 11. The second kappa shape index (κ2) is 13.6. The van der Waals surface area contributed by atoms with Crippen LogP contribution in [0.3, 0.4) is 0 Å². The number of hydrogen-bond acceptors (Lipinski definition) is 5. The summed E-state index contributed by atoms with van der Waals surface area (Å²) < 4.78 is 5.17. The minimum atomic E-state index is -0.458. The Kier molecular flexibility index (Phi) is 10.2. The summed E-state index contributed by atoms with van der Waals surface area (Å²) in [6.07, 6.45) is 1.44. The van der Waals surface area contributed by atoms with Crippen molar-refractivity contribution in [3.05, 3.63) is 65.7 Å². The van der Waals surface area contributed by atoms with Crippen LogP contribution in [0.1, 0.15) is 37.3 Å². The highest BCUT2D eigenvalue weighted by Gasteiger charge is 2.18. The van der Waals surface area contributed by atoms with Gasteiger partial charge in [-0.3, -0.25) is 9.69 Å². The van der Waals surface area contributed by atoms with Gasteiger partial charge < -0.3 is 20.3 Å². The Bertz CT molecular complexity index is 898. The summed E-state index contributed by atoms with van der Waals surface area (Å²) in [7, 11) is 0. The molecule has 7 nitrogen and oxygen atoms in total. The summed E-state index contributed by atoms with van der Waals surface area (Å²) >= 11 is 0. The number of carbonyl (C=O) groups is 2. The largest absolute Gasteiger partial charge is 0.445 e. The second-order valence-electron chi connectivity index (χ2n) is 9.02. The first-order valence-corrected chi connectivity index (χ1v) is 12.3. The number of benzene rings is 2. The molecular formula is C27H38N4O3. The predicted octanol–water partition coefficient (Wildman–Crippen LogP) is 3.72. The molecule has 2 N–H and O–H groups in total. The average molecular weight is 467 g/mol. The molecule has 1 saturated heterocycles. The molecule has 34 heavy (non-hydrogen) atoms. The molecule has 0 saturated carbocycles. The lowest BCUT2D eigenvalue weighted by Gasteiger charge is -2.36. The van der Waals surface area contributed by atoms with Gasteiger partial charge in [-0.25, -0.2) is 4.79 Å². The molecule has 2 aromatic carbocycles. The first-order valence-electron chi connectivity index (χ1n) is 12.3. The lowest BCUT2D eigenvalue weighted by atomic mass is 10.1. The van der Waals surface area contributed by atoms with Crippen LogP contribution in [0, 0.1) is 6.92 Å². The fourth-order valence-corrected chi connectivity index (χ4v) is 4.06. The zero-order valence-electron chi connectivity index (χ0n) is 20.5. The second-order valence-corrected chi connectivity index (χ2v) is 9.02. The van der Waals surface area contributed by atoms with Crippen molar-refractivity contribution in [1.82, 2.24) is 15.5 Å². The summed E-state index contributed by atoms with van der Waals surface area (Å²) in [4.78, 5) is 28.9. The van der Waals surface area contributed by atoms with Gasteiger partial charge in [0.15, 0.2) is 0 Å². The minimum Gasteiger partial charge on any atom is -0.445 e. The van der Waals surface area contributed by atoms with Gasteiger partial charge in [0.1, 0.15) is 6.61 Å². The van der Waals surface area contributed by atoms with E-state index < -0.39 is 6.09 Å². The van der Waals surface area contributed by atoms with Crippen LogP contribution in [0.4, 0.5) is 10.5 Å². The lowest BCUT2D eigenvalue weighted by Crippen LogP contribution is -2.47. The third kappa shape index (κ3) is 9.06. The number of piperazine rings is 1. The molecule has 0 aliphatic carbocycles. The Morgan fingerprint density at radius 1 is 1.03 bits per heavy atom. The quantitative estimate of drug-likeness (QED) is 0.494. The maximum absolute atomic E-state index is 12.2. The van der Waals surface area contributed by atoms with Crippen molar-refractivity contribution >= 4 is 17.7 Å². The summed E-state index contributed by atoms with van der Waals surface area (Å²) in [5.41, 5.74) is 3.54. The van der Waals surface area contributed by atoms with Gasteiger partial charge >= 0.3 is 6.09 Å². The standard InChI is InChI=1S/C27H38N4O3/c1-22-8-6-11-25(20-22)31-18-16-30(17-19-31)15-13-23(2)29-26(32)12-7-14-28-27(33)34-21-24-9-4-3-5-10-24/h3-6,8-11,20,23H,7,12-19,21H2,1-2H3,(H,28,33)(H,29,32). The number of alkyl carbamates (subject to hydrolysis) is 1. The van der Waals surface area contributed by atoms with Crippen LogP contribution in [0.15, 0.2) is 54.6 Å². The Morgan fingerprint density at radius 2 is 1.79 bits per heavy atom. The van der Waals surface area contributed by atoms with E-state index in [2.05, 4.69) is 58.5 Å². The highest BCUT2D eigenvalue weighted by Crippen LogP contribution is 2.18. The molecule has 2 amide bonds. The molecule has 0 spiro atoms. The summed E-state index contributed by atoms with van der Waals surface area (Å²) in [5.74, 6) is 0.0243. The van der Waals surface area contributed by atoms with Crippen molar-refractivity contribution in [2.45, 2.75) is 45.8 Å². The molecule has 3 rings (SSSR count). The van der Waals surface area contributed by atoms with Gasteiger partial charge in [-0.2, -0.15) is 0 Å². The number of aryl methyl sites for hydroxylation is 1. The molecule has 0 radical (unpaired) electrons. The molecule has 7 heteroatoms. The van der Waals surface area contributed by atoms with Crippen molar-refractivity contribution in [2.75, 3.05) is 44.2 Å². The van der Waals surface area contributed by atoms with E-state index in [4.69, 9.17) is 4.74 Å². The number of carbonyl (C=O) groups excluding carboxylic acids is 2. The van der Waals surface area contributed by atoms with Gasteiger partial charge in [-0.15, -0.1) is 0 Å². The van der Waals surface area contributed by atoms with Crippen LogP contribution < -0.4 is 15.5 Å². The van der Waals surface area contributed by atoms with E-state index in [1.807, 2.05) is 30.3 Å². The smallest absolute Gasteiger partial charge is 0.407 e. The zero-order valence-corrected chi connectivity index (χ0v) is 20.5. The van der Waals surface area contributed by atoms with E-state index >= 15 is 0 Å². The number of ether oxygens (including phenoxy) is 1. The average Bonchev–Trinajstić information content (AvgIpc) is 2.85. The van der Waals surface area contributed by atoms with Crippen molar-refractivity contribution in [3.8, 4) is 0 Å². The van der Waals surface area contributed by atoms with E-state index in [9.17, 15) is 9.59 Å². The minimum absolute atomic E-state index is 0.0243. The molecule has 0 aromatic heterocycles. The van der Waals surface area contributed by atoms with E-state index in [0.717, 1.165) is 44.7 Å². The van der Waals surface area contributed by atoms with Gasteiger partial charge in [0.2, 0.25) is 5.91 Å². The topological polar surface area (TPSA) is 73.9 Å². The van der Waals surface area contributed by atoms with Gasteiger partial charge in [0.05, 0.1) is 0 Å². The van der Waals surface area contributed by atoms with Crippen LogP contribution in [-0.2, 0) is 16.1 Å². The van der Waals surface area contributed by atoms with Crippen LogP contribution in [0.5, 0.6) is 0 Å². The van der Waals surface area contributed by atoms with Gasteiger partial charge in [0, 0.05) is 57.4 Å². The van der Waals surface area contributed by atoms with Crippen LogP contribution >= 0.6 is 0 Å². The Labute approximate surface area is 203 Å². The van der Waals surface area contributed by atoms with Crippen molar-refractivity contribution in [3.63, 3.8) is 0 Å². The van der Waals surface area contributed by atoms with Gasteiger partial charge in [0.25, 0.3) is 0 Å². The molecule has 184 valence electrons. The molecule has 1 fully saturated rings. The van der Waals surface area contributed by atoms with Gasteiger partial charge in [-0.05, 0) is 49.9 Å². The molecule has 2 aromatic rings. The van der Waals surface area contributed by atoms with E-state index in [-0.39, 0.29) is 18.6 Å². The summed E-state index contributed by atoms with van der Waals surface area (Å²) in [6.45, 7) is 9.98. The first kappa shape index (κ1) is 25.6. The van der Waals surface area contributed by atoms with Gasteiger partial charge in [-0.1, -0.05) is 42.5 Å². The molecule has 1 aliphatic heterocycles. The number of nitrogens with zero attached hydrogens (tertiary/aromatic N) is 2. The molecule has 1 atom stereocenters. The number of nitrogens with one attached hydrogen (secondary N) is 2. The maximum Gasteiger partial charge on any atom is 0.407 e. The van der Waals surface area contributed by atoms with Crippen molar-refractivity contribution < 1.29 is 14.3 Å². The van der Waals surface area contributed by atoms with Crippen LogP contribution in [0.25, 0.3) is 0 Å². The third-order valence-corrected chi connectivity index (χ3v) is 6.09. The summed E-state index contributed by atoms with van der Waals surface area (Å²) in [6, 6.07) is 18.4. The Morgan fingerprint density at radius 3 is 2.53 bits per heavy atom. The fourth-order valence-electron chi connectivity index (χ4n) is 4.06. The lowest BCUT2D eigenvalue weighted by molar-refractivity contribution is -0.121. The molecule has 0 bridgehead atoms. The molecule has 1 heterocycles. The number of anilines is 1. The molecule has 1 unspecified atom stereocenters. The Hall–Kier alpha value is -3.06. The zero-order chi connectivity index (χ0) is 24.2. The summed E-state index contributed by atoms with van der Waals surface area (Å²) in [5, 5.41) is 5.77. The third-order valence-electron chi connectivity index (χ3n) is 6.09. The highest BCUT2D eigenvalue weighted by atomic mass is 16.5. The van der Waals surface area contributed by atoms with E-state index in [1.54, 1.807) is 0 Å². The maximum atomic E-state index is 12.2. The van der Waals surface area contributed by atoms with Crippen molar-refractivity contribution in [1.29, 1.82) is 0 Å².